The van der Waals surface area contributed by atoms with Gasteiger partial charge in [-0.15, -0.1) is 0 Å². The van der Waals surface area contributed by atoms with Crippen LogP contribution in [0.2, 0.25) is 0 Å². The van der Waals surface area contributed by atoms with Gasteiger partial charge in [0.2, 0.25) is 15.3 Å². The Bertz CT molecular complexity index is 2670. The molecule has 10 heterocycles. The number of hydrogen-bond acceptors (Lipinski definition) is 12. The molecule has 1 aliphatic carbocycles. The zero-order valence-corrected chi connectivity index (χ0v) is 32.3. The maximum atomic E-state index is 13.5. The fourth-order valence-corrected chi connectivity index (χ4v) is 11.8. The minimum absolute atomic E-state index is 0.0148. The molecular formula is C40H30N6O4S4. The smallest absolute Gasteiger partial charge is 0.220 e. The van der Waals surface area contributed by atoms with E-state index in [9.17, 15) is 19.2 Å². The van der Waals surface area contributed by atoms with Crippen molar-refractivity contribution in [2.24, 2.45) is 11.8 Å². The molecule has 0 amide bonds. The Morgan fingerprint density at radius 2 is 1.24 bits per heavy atom. The minimum atomic E-state index is -0.553. The number of fused-ring (bicyclic) bond motifs is 11. The van der Waals surface area contributed by atoms with E-state index in [1.54, 1.807) is 0 Å². The fraction of sp³-hybridized carbons (Fsp3) is 0.250. The number of nitrogens with zero attached hydrogens (tertiary/aromatic N) is 4. The number of allylic oxidation sites excluding steroid dienone is 5. The molecule has 0 spiro atoms. The van der Waals surface area contributed by atoms with Crippen molar-refractivity contribution in [2.45, 2.75) is 47.7 Å². The number of nitrogens with one attached hydrogen (secondary N) is 2. The lowest BCUT2D eigenvalue weighted by atomic mass is 9.87. The van der Waals surface area contributed by atoms with Gasteiger partial charge in [0, 0.05) is 66.4 Å². The van der Waals surface area contributed by atoms with Gasteiger partial charge in [-0.05, 0) is 38.1 Å². The second-order valence-corrected chi connectivity index (χ2v) is 19.1. The van der Waals surface area contributed by atoms with Crippen LogP contribution >= 0.6 is 47.0 Å². The van der Waals surface area contributed by atoms with E-state index in [-0.39, 0.29) is 47.4 Å². The van der Waals surface area contributed by atoms with Gasteiger partial charge in [-0.25, -0.2) is 19.9 Å². The molecule has 3 aromatic heterocycles. The van der Waals surface area contributed by atoms with Crippen LogP contribution in [-0.2, 0) is 19.2 Å². The Morgan fingerprint density at radius 3 is 2.00 bits per heavy atom. The molecule has 2 N–H and O–H groups in total. The van der Waals surface area contributed by atoms with Crippen molar-refractivity contribution < 1.29 is 19.2 Å². The summed E-state index contributed by atoms with van der Waals surface area (Å²) in [5, 5.41) is -0.733. The highest BCUT2D eigenvalue weighted by atomic mass is 32.2. The first kappa shape index (κ1) is 34.0. The summed E-state index contributed by atoms with van der Waals surface area (Å²) in [6.07, 6.45) is 11.9. The lowest BCUT2D eigenvalue weighted by molar-refractivity contribution is -0.113. The Morgan fingerprint density at radius 1 is 0.593 bits per heavy atom. The normalized spacial score (nSPS) is 28.7. The molecule has 14 heteroatoms. The third kappa shape index (κ3) is 5.35. The van der Waals surface area contributed by atoms with E-state index in [4.69, 9.17) is 19.9 Å². The van der Waals surface area contributed by atoms with E-state index >= 15 is 0 Å². The van der Waals surface area contributed by atoms with Crippen LogP contribution in [0.15, 0.2) is 72.9 Å². The van der Waals surface area contributed by atoms with E-state index in [0.29, 0.717) is 62.1 Å². The van der Waals surface area contributed by atoms with Crippen LogP contribution in [-0.4, -0.2) is 66.1 Å². The summed E-state index contributed by atoms with van der Waals surface area (Å²) >= 11 is 5.02. The van der Waals surface area contributed by atoms with Crippen LogP contribution in [0.1, 0.15) is 66.1 Å². The van der Waals surface area contributed by atoms with Crippen LogP contribution in [0.4, 0.5) is 0 Å². The summed E-state index contributed by atoms with van der Waals surface area (Å²) in [4.78, 5) is 80.3. The van der Waals surface area contributed by atoms with E-state index in [1.807, 2.05) is 75.4 Å². The minimum Gasteiger partial charge on any atom is -0.340 e. The van der Waals surface area contributed by atoms with Gasteiger partial charge in [-0.3, -0.25) is 19.2 Å². The van der Waals surface area contributed by atoms with Crippen molar-refractivity contribution >= 4 is 112 Å². The van der Waals surface area contributed by atoms with Gasteiger partial charge in [-0.1, -0.05) is 97.0 Å². The van der Waals surface area contributed by atoms with Gasteiger partial charge >= 0.3 is 0 Å². The summed E-state index contributed by atoms with van der Waals surface area (Å²) in [5.41, 5.74) is 8.49. The third-order valence-corrected chi connectivity index (χ3v) is 15.0. The first-order valence-electron chi connectivity index (χ1n) is 17.6. The van der Waals surface area contributed by atoms with E-state index in [0.717, 1.165) is 22.3 Å². The zero-order valence-electron chi connectivity index (χ0n) is 29.1. The molecule has 8 aliphatic rings. The van der Waals surface area contributed by atoms with Gasteiger partial charge in [0.05, 0.1) is 33.7 Å². The number of carbonyl (C=O) groups excluding carboxylic acids is 4. The highest BCUT2D eigenvalue weighted by molar-refractivity contribution is 8.15. The van der Waals surface area contributed by atoms with Crippen molar-refractivity contribution in [2.75, 3.05) is 0 Å². The summed E-state index contributed by atoms with van der Waals surface area (Å²) in [5.74, 6) is -0.406. The monoisotopic (exact) mass is 786 g/mol. The van der Waals surface area contributed by atoms with Gasteiger partial charge < -0.3 is 9.97 Å². The maximum absolute atomic E-state index is 13.5. The number of hydrogen-bond donors (Lipinski definition) is 2. The quantitative estimate of drug-likeness (QED) is 0.193. The highest BCUT2D eigenvalue weighted by Gasteiger charge is 2.44. The molecule has 3 aromatic rings. The van der Waals surface area contributed by atoms with E-state index < -0.39 is 11.8 Å². The van der Waals surface area contributed by atoms with Gasteiger partial charge in [0.25, 0.3) is 0 Å². The average molecular weight is 787 g/mol. The molecule has 0 saturated heterocycles. The number of aromatic amines is 2. The maximum Gasteiger partial charge on any atom is 0.220 e. The number of carbonyl (C=O) groups is 4. The topological polar surface area (TPSA) is 151 Å². The van der Waals surface area contributed by atoms with Gasteiger partial charge in [0.1, 0.15) is 11.3 Å². The Kier molecular flexibility index (Phi) is 7.89. The first-order chi connectivity index (χ1) is 26.0. The molecule has 10 bridgehead atoms. The molecule has 0 aromatic carbocycles. The predicted octanol–water partition coefficient (Wildman–Crippen LogP) is 7.78. The molecule has 7 atom stereocenters. The fourth-order valence-electron chi connectivity index (χ4n) is 7.88. The zero-order chi connectivity index (χ0) is 37.2. The second kappa shape index (κ2) is 12.5. The van der Waals surface area contributed by atoms with Crippen LogP contribution in [0, 0.1) is 11.8 Å². The largest absolute Gasteiger partial charge is 0.340 e. The van der Waals surface area contributed by atoms with Crippen molar-refractivity contribution in [3.63, 3.8) is 0 Å². The average Bonchev–Trinajstić information content (AvgIpc) is 3.90. The number of thioether (sulfide) groups is 4. The van der Waals surface area contributed by atoms with Crippen molar-refractivity contribution in [3.05, 3.63) is 107 Å². The van der Waals surface area contributed by atoms with Crippen LogP contribution in [0.25, 0.3) is 44.6 Å². The Balaban J connectivity index is 1.31. The summed E-state index contributed by atoms with van der Waals surface area (Å²) < 4.78 is 0. The van der Waals surface area contributed by atoms with Crippen molar-refractivity contribution in [1.82, 2.24) is 29.9 Å². The lowest BCUT2D eigenvalue weighted by Crippen LogP contribution is -2.26. The molecule has 11 rings (SSSR count). The summed E-state index contributed by atoms with van der Waals surface area (Å²) in [6, 6.07) is 7.70. The van der Waals surface area contributed by atoms with E-state index in [1.165, 1.54) is 47.0 Å². The Labute approximate surface area is 326 Å². The van der Waals surface area contributed by atoms with Crippen molar-refractivity contribution in [1.29, 1.82) is 0 Å². The van der Waals surface area contributed by atoms with Gasteiger partial charge in [-0.2, -0.15) is 0 Å². The van der Waals surface area contributed by atoms with E-state index in [2.05, 4.69) is 22.6 Å². The van der Waals surface area contributed by atoms with Crippen LogP contribution < -0.4 is 0 Å². The van der Waals surface area contributed by atoms with Gasteiger partial charge in [0.15, 0.2) is 16.8 Å². The van der Waals surface area contributed by atoms with Crippen LogP contribution in [0.5, 0.6) is 0 Å². The molecule has 0 fully saturated rings. The SMILES string of the molecule is C=C1C(=O)SC(C)C2=C1c1cc3cc(C4C=CC(C)SC4=O)c(nc4[nH]c(cc5nc(nc2n1)C1=C5C2C=CC1C(=O)S2)cc4C1C=CC(C)C(=O)S1)[nH]3. The van der Waals surface area contributed by atoms with Crippen LogP contribution in [0.3, 0.4) is 0 Å². The first-order valence-corrected chi connectivity index (χ1v) is 21.1. The Hall–Kier alpha value is -4.50. The number of H-pyrrole nitrogens is 2. The molecule has 0 saturated carbocycles. The summed E-state index contributed by atoms with van der Waals surface area (Å²) in [7, 11) is 0. The molecule has 7 unspecified atom stereocenters. The van der Waals surface area contributed by atoms with Crippen molar-refractivity contribution in [3.8, 4) is 0 Å². The predicted molar refractivity (Wildman–Crippen MR) is 218 cm³/mol. The molecular weight excluding hydrogens is 757 g/mol. The number of rotatable bonds is 2. The number of aromatic nitrogens is 6. The highest BCUT2D eigenvalue weighted by Crippen LogP contribution is 2.52. The molecule has 54 heavy (non-hydrogen) atoms. The standard InChI is InChI=1S/C40H30N6O4S4/c1-15-5-9-27(53-37(15)47)24-12-20-14-26-32-28-10-8-22(40(50)54-28)31(32)36(44-26)46-35-30-18(4)52-38(48)17(3)29(30)25(43-35)13-19-11-23(33(41-19)45-34(24)42-20)21-7-6-16(2)51-39(21)49/h5-16,18,21-22,27-28H,3H2,1-2,4H3,(H2,41,42,45). The molecule has 268 valence electrons. The molecule has 7 aliphatic heterocycles. The second-order valence-electron chi connectivity index (χ2n) is 14.1. The molecule has 0 radical (unpaired) electrons. The summed E-state index contributed by atoms with van der Waals surface area (Å²) in [6.45, 7) is 10.0. The lowest BCUT2D eigenvalue weighted by Gasteiger charge is -2.30. The third-order valence-electron chi connectivity index (χ3n) is 10.5. The molecule has 10 nitrogen and oxygen atoms in total.